The highest BCUT2D eigenvalue weighted by Gasteiger charge is 2.21. The van der Waals surface area contributed by atoms with Crippen molar-refractivity contribution in [1.82, 2.24) is 5.32 Å². The molecule has 0 aliphatic carbocycles. The van der Waals surface area contributed by atoms with Gasteiger partial charge >= 0.3 is 5.97 Å². The van der Waals surface area contributed by atoms with Gasteiger partial charge in [0, 0.05) is 25.0 Å². The largest absolute Gasteiger partial charge is 0.480 e. The first kappa shape index (κ1) is 16.7. The Morgan fingerprint density at radius 3 is 2.75 bits per heavy atom. The maximum Gasteiger partial charge on any atom is 0.326 e. The lowest BCUT2D eigenvalue weighted by Crippen LogP contribution is -2.41. The van der Waals surface area contributed by atoms with Crippen LogP contribution in [0.1, 0.15) is 39.9 Å². The predicted octanol–water partition coefficient (Wildman–Crippen LogP) is 2.23. The van der Waals surface area contributed by atoms with Crippen LogP contribution in [0, 0.1) is 6.92 Å². The zero-order valence-electron chi connectivity index (χ0n) is 12.1. The normalized spacial score (nSPS) is 12.2. The van der Waals surface area contributed by atoms with Crippen LogP contribution in [0.5, 0.6) is 0 Å². The lowest BCUT2D eigenvalue weighted by atomic mass is 10.1. The number of aryl methyl sites for hydroxylation is 2. The van der Waals surface area contributed by atoms with E-state index in [1.54, 1.807) is 0 Å². The Balaban J connectivity index is 2.73. The van der Waals surface area contributed by atoms with Crippen LogP contribution in [-0.2, 0) is 16.0 Å². The summed E-state index contributed by atoms with van der Waals surface area (Å²) in [5, 5.41) is 11.6. The van der Waals surface area contributed by atoms with E-state index in [1.807, 2.05) is 13.0 Å². The van der Waals surface area contributed by atoms with Crippen molar-refractivity contribution in [2.45, 2.75) is 39.2 Å². The molecule has 0 saturated heterocycles. The van der Waals surface area contributed by atoms with Gasteiger partial charge < -0.3 is 15.2 Å². The number of ether oxygens (including phenoxy) is 1. The van der Waals surface area contributed by atoms with Crippen LogP contribution in [-0.4, -0.2) is 36.7 Å². The molecule has 0 spiro atoms. The van der Waals surface area contributed by atoms with Crippen molar-refractivity contribution in [2.24, 2.45) is 0 Å². The molecule has 1 heterocycles. The highest BCUT2D eigenvalue weighted by Crippen LogP contribution is 2.22. The Hall–Kier alpha value is -1.40. The van der Waals surface area contributed by atoms with E-state index in [2.05, 4.69) is 12.2 Å². The Morgan fingerprint density at radius 1 is 1.50 bits per heavy atom. The third-order valence-corrected chi connectivity index (χ3v) is 4.07. The van der Waals surface area contributed by atoms with Gasteiger partial charge in [0.25, 0.3) is 5.91 Å². The first-order valence-electron chi connectivity index (χ1n) is 6.61. The third kappa shape index (κ3) is 4.61. The second-order valence-electron chi connectivity index (χ2n) is 4.59. The number of rotatable bonds is 8. The van der Waals surface area contributed by atoms with Gasteiger partial charge in [0.05, 0.1) is 4.88 Å². The number of carboxylic acid groups (broad SMARTS) is 1. The van der Waals surface area contributed by atoms with Crippen LogP contribution >= 0.6 is 11.3 Å². The number of thiophene rings is 1. The number of carboxylic acids is 1. The molecule has 0 aliphatic rings. The summed E-state index contributed by atoms with van der Waals surface area (Å²) in [6, 6.07) is 0.938. The third-order valence-electron chi connectivity index (χ3n) is 2.98. The van der Waals surface area contributed by atoms with E-state index >= 15 is 0 Å². The summed E-state index contributed by atoms with van der Waals surface area (Å²) in [5.41, 5.74) is 1.16. The topological polar surface area (TPSA) is 75.6 Å². The molecular weight excluding hydrogens is 278 g/mol. The molecule has 1 rings (SSSR count). The molecule has 0 aliphatic heterocycles. The van der Waals surface area contributed by atoms with Gasteiger partial charge in [-0.1, -0.05) is 13.3 Å². The average Bonchev–Trinajstić information content (AvgIpc) is 2.76. The zero-order chi connectivity index (χ0) is 15.1. The highest BCUT2D eigenvalue weighted by atomic mass is 32.1. The standard InChI is InChI=1S/C14H21NO4S/c1-4-5-10-8-12(20-9(10)2)13(16)15-11(14(17)18)6-7-19-3/h8,11H,4-7H2,1-3H3,(H,15,16)(H,17,18). The summed E-state index contributed by atoms with van der Waals surface area (Å²) in [4.78, 5) is 24.8. The first-order chi connectivity index (χ1) is 9.49. The maximum atomic E-state index is 12.1. The Kier molecular flexibility index (Phi) is 6.67. The smallest absolute Gasteiger partial charge is 0.326 e. The molecule has 0 bridgehead atoms. The molecule has 1 aromatic heterocycles. The molecule has 6 heteroatoms. The Bertz CT molecular complexity index is 470. The Labute approximate surface area is 123 Å². The SMILES string of the molecule is CCCc1cc(C(=O)NC(CCOC)C(=O)O)sc1C. The lowest BCUT2D eigenvalue weighted by molar-refractivity contribution is -0.139. The van der Waals surface area contributed by atoms with Crippen LogP contribution in [0.4, 0.5) is 0 Å². The molecule has 20 heavy (non-hydrogen) atoms. The molecule has 0 fully saturated rings. The molecule has 0 aromatic carbocycles. The molecule has 2 N–H and O–H groups in total. The number of methoxy groups -OCH3 is 1. The summed E-state index contributed by atoms with van der Waals surface area (Å²) in [6.45, 7) is 4.36. The van der Waals surface area contributed by atoms with Crippen molar-refractivity contribution >= 4 is 23.2 Å². The summed E-state index contributed by atoms with van der Waals surface area (Å²) >= 11 is 1.40. The Morgan fingerprint density at radius 2 is 2.20 bits per heavy atom. The van der Waals surface area contributed by atoms with Gasteiger partial charge in [-0.2, -0.15) is 0 Å². The average molecular weight is 299 g/mol. The fourth-order valence-electron chi connectivity index (χ4n) is 1.87. The number of aliphatic carboxylic acids is 1. The lowest BCUT2D eigenvalue weighted by Gasteiger charge is -2.13. The van der Waals surface area contributed by atoms with Crippen molar-refractivity contribution in [3.63, 3.8) is 0 Å². The minimum Gasteiger partial charge on any atom is -0.480 e. The van der Waals surface area contributed by atoms with Gasteiger partial charge in [0.2, 0.25) is 0 Å². The molecule has 1 amide bonds. The molecule has 1 unspecified atom stereocenters. The second-order valence-corrected chi connectivity index (χ2v) is 5.84. The van der Waals surface area contributed by atoms with Crippen molar-refractivity contribution in [1.29, 1.82) is 0 Å². The van der Waals surface area contributed by atoms with E-state index in [-0.39, 0.29) is 12.3 Å². The fourth-order valence-corrected chi connectivity index (χ4v) is 2.85. The molecule has 1 aromatic rings. The monoisotopic (exact) mass is 299 g/mol. The van der Waals surface area contributed by atoms with Gasteiger partial charge in [-0.15, -0.1) is 11.3 Å². The van der Waals surface area contributed by atoms with Crippen LogP contribution in [0.3, 0.4) is 0 Å². The van der Waals surface area contributed by atoms with E-state index in [9.17, 15) is 9.59 Å². The predicted molar refractivity (Wildman–Crippen MR) is 78.4 cm³/mol. The summed E-state index contributed by atoms with van der Waals surface area (Å²) in [7, 11) is 1.50. The van der Waals surface area contributed by atoms with Crippen molar-refractivity contribution in [3.8, 4) is 0 Å². The van der Waals surface area contributed by atoms with E-state index in [0.717, 1.165) is 23.3 Å². The molecule has 5 nitrogen and oxygen atoms in total. The number of amides is 1. The molecule has 0 radical (unpaired) electrons. The van der Waals surface area contributed by atoms with E-state index in [0.29, 0.717) is 11.5 Å². The quantitative estimate of drug-likeness (QED) is 0.772. The first-order valence-corrected chi connectivity index (χ1v) is 7.43. The van der Waals surface area contributed by atoms with Gasteiger partial charge in [0.1, 0.15) is 6.04 Å². The van der Waals surface area contributed by atoms with Crippen LogP contribution < -0.4 is 5.32 Å². The highest BCUT2D eigenvalue weighted by molar-refractivity contribution is 7.14. The number of nitrogens with one attached hydrogen (secondary N) is 1. The minimum absolute atomic E-state index is 0.254. The van der Waals surface area contributed by atoms with E-state index in [4.69, 9.17) is 9.84 Å². The number of carbonyl (C=O) groups is 2. The number of carbonyl (C=O) groups excluding carboxylic acids is 1. The molecule has 112 valence electrons. The summed E-state index contributed by atoms with van der Waals surface area (Å²) in [5.74, 6) is -1.37. The molecule has 1 atom stereocenters. The van der Waals surface area contributed by atoms with Crippen LogP contribution in [0.2, 0.25) is 0 Å². The number of hydrogen-bond donors (Lipinski definition) is 2. The maximum absolute atomic E-state index is 12.1. The summed E-state index contributed by atoms with van der Waals surface area (Å²) < 4.78 is 4.85. The van der Waals surface area contributed by atoms with E-state index in [1.165, 1.54) is 18.4 Å². The number of hydrogen-bond acceptors (Lipinski definition) is 4. The van der Waals surface area contributed by atoms with Gasteiger partial charge in [-0.05, 0) is 25.0 Å². The minimum atomic E-state index is -1.04. The molecular formula is C14H21NO4S. The zero-order valence-corrected chi connectivity index (χ0v) is 12.9. The van der Waals surface area contributed by atoms with Crippen molar-refractivity contribution < 1.29 is 19.4 Å². The van der Waals surface area contributed by atoms with E-state index < -0.39 is 12.0 Å². The van der Waals surface area contributed by atoms with Gasteiger partial charge in [-0.25, -0.2) is 4.79 Å². The van der Waals surface area contributed by atoms with Crippen LogP contribution in [0.15, 0.2) is 6.07 Å². The fraction of sp³-hybridized carbons (Fsp3) is 0.571. The van der Waals surface area contributed by atoms with Crippen LogP contribution in [0.25, 0.3) is 0 Å². The molecule has 0 saturated carbocycles. The van der Waals surface area contributed by atoms with Crippen molar-refractivity contribution in [3.05, 3.63) is 21.4 Å². The van der Waals surface area contributed by atoms with Gasteiger partial charge in [-0.3, -0.25) is 4.79 Å². The van der Waals surface area contributed by atoms with Crippen molar-refractivity contribution in [2.75, 3.05) is 13.7 Å². The summed E-state index contributed by atoms with van der Waals surface area (Å²) in [6.07, 6.45) is 2.20. The van der Waals surface area contributed by atoms with Gasteiger partial charge in [0.15, 0.2) is 0 Å². The second kappa shape index (κ2) is 8.01.